The van der Waals surface area contributed by atoms with Crippen molar-refractivity contribution in [3.63, 3.8) is 0 Å². The number of nitrogens with one attached hydrogen (secondary N) is 1. The maximum absolute atomic E-state index is 12.0. The number of nitro groups is 1. The number of hydrogen-bond acceptors (Lipinski definition) is 5. The van der Waals surface area contributed by atoms with Crippen LogP contribution in [0, 0.1) is 10.1 Å². The zero-order valence-corrected chi connectivity index (χ0v) is 12.0. The molecule has 1 amide bonds. The van der Waals surface area contributed by atoms with E-state index in [0.29, 0.717) is 4.47 Å². The van der Waals surface area contributed by atoms with Crippen LogP contribution in [0.25, 0.3) is 0 Å². The lowest BCUT2D eigenvalue weighted by atomic mass is 10.2. The maximum atomic E-state index is 12.0. The second-order valence-electron chi connectivity index (χ2n) is 4.08. The summed E-state index contributed by atoms with van der Waals surface area (Å²) in [6.45, 7) is 0. The Bertz CT molecular complexity index is 732. The van der Waals surface area contributed by atoms with Gasteiger partial charge in [0, 0.05) is 11.6 Å². The Balaban J connectivity index is 2.23. The quantitative estimate of drug-likeness (QED) is 0.446. The van der Waals surface area contributed by atoms with Crippen LogP contribution in [-0.2, 0) is 0 Å². The van der Waals surface area contributed by atoms with Gasteiger partial charge in [-0.2, -0.15) is 0 Å². The number of carbonyl (C=O) groups excluding carboxylic acids is 1. The van der Waals surface area contributed by atoms with Crippen LogP contribution in [0.15, 0.2) is 40.9 Å². The van der Waals surface area contributed by atoms with Crippen molar-refractivity contribution in [2.24, 2.45) is 0 Å². The van der Waals surface area contributed by atoms with Gasteiger partial charge in [-0.15, -0.1) is 0 Å². The molecule has 0 aliphatic heterocycles. The fraction of sp³-hybridized carbons (Fsp3) is 0. The molecule has 0 spiro atoms. The summed E-state index contributed by atoms with van der Waals surface area (Å²) in [6, 6.07) is 7.55. The molecule has 0 aliphatic carbocycles. The maximum Gasteiger partial charge on any atom is 0.273 e. The van der Waals surface area contributed by atoms with Gasteiger partial charge in [-0.05, 0) is 40.2 Å². The molecule has 108 valence electrons. The predicted molar refractivity (Wildman–Crippen MR) is 78.5 cm³/mol. The smallest absolute Gasteiger partial charge is 0.273 e. The zero-order chi connectivity index (χ0) is 15.6. The van der Waals surface area contributed by atoms with Gasteiger partial charge in [0.1, 0.15) is 11.5 Å². The van der Waals surface area contributed by atoms with Crippen molar-refractivity contribution in [1.29, 1.82) is 0 Å². The summed E-state index contributed by atoms with van der Waals surface area (Å²) in [4.78, 5) is 21.9. The third-order valence-electron chi connectivity index (χ3n) is 2.65. The molecule has 0 heterocycles. The molecule has 0 saturated heterocycles. The molecule has 0 fully saturated rings. The van der Waals surface area contributed by atoms with E-state index in [-0.39, 0.29) is 22.7 Å². The lowest BCUT2D eigenvalue weighted by Crippen LogP contribution is -2.11. The lowest BCUT2D eigenvalue weighted by molar-refractivity contribution is -0.384. The first-order valence-corrected chi connectivity index (χ1v) is 6.45. The summed E-state index contributed by atoms with van der Waals surface area (Å²) in [6.07, 6.45) is 0. The average Bonchev–Trinajstić information content (AvgIpc) is 2.43. The molecule has 7 nitrogen and oxygen atoms in total. The first-order chi connectivity index (χ1) is 9.88. The van der Waals surface area contributed by atoms with Gasteiger partial charge in [0.05, 0.1) is 21.1 Å². The summed E-state index contributed by atoms with van der Waals surface area (Å²) in [5.74, 6) is -1.09. The molecule has 0 unspecified atom stereocenters. The summed E-state index contributed by atoms with van der Waals surface area (Å²) in [5, 5.41) is 32.1. The van der Waals surface area contributed by atoms with Gasteiger partial charge in [-0.3, -0.25) is 14.9 Å². The van der Waals surface area contributed by atoms with Crippen molar-refractivity contribution < 1.29 is 19.9 Å². The number of amides is 1. The number of nitrogens with zero attached hydrogens (tertiary/aromatic N) is 1. The number of phenolic OH excluding ortho intramolecular Hbond substituents is 2. The van der Waals surface area contributed by atoms with Crippen molar-refractivity contribution in [2.75, 3.05) is 5.32 Å². The van der Waals surface area contributed by atoms with E-state index in [0.717, 1.165) is 12.1 Å². The average molecular weight is 353 g/mol. The van der Waals surface area contributed by atoms with E-state index in [9.17, 15) is 25.1 Å². The van der Waals surface area contributed by atoms with Gasteiger partial charge in [0.2, 0.25) is 0 Å². The fourth-order valence-electron chi connectivity index (χ4n) is 1.59. The molecule has 2 aromatic rings. The van der Waals surface area contributed by atoms with Crippen LogP contribution in [0.1, 0.15) is 10.4 Å². The van der Waals surface area contributed by atoms with E-state index in [4.69, 9.17) is 0 Å². The molecule has 0 bridgehead atoms. The minimum atomic E-state index is -0.655. The number of non-ortho nitro benzene ring substituents is 1. The topological polar surface area (TPSA) is 113 Å². The van der Waals surface area contributed by atoms with E-state index in [1.54, 1.807) is 0 Å². The molecule has 3 N–H and O–H groups in total. The van der Waals surface area contributed by atoms with E-state index >= 15 is 0 Å². The molecule has 0 atom stereocenters. The second-order valence-corrected chi connectivity index (χ2v) is 4.93. The highest BCUT2D eigenvalue weighted by Gasteiger charge is 2.14. The number of carbonyl (C=O) groups is 1. The minimum absolute atomic E-state index is 0.0352. The van der Waals surface area contributed by atoms with Crippen molar-refractivity contribution in [3.05, 3.63) is 56.5 Å². The highest BCUT2D eigenvalue weighted by Crippen LogP contribution is 2.29. The van der Waals surface area contributed by atoms with Crippen LogP contribution in [0.3, 0.4) is 0 Å². The van der Waals surface area contributed by atoms with Crippen molar-refractivity contribution >= 4 is 33.2 Å². The fourth-order valence-corrected chi connectivity index (χ4v) is 1.83. The Hall–Kier alpha value is -2.61. The first-order valence-electron chi connectivity index (χ1n) is 5.66. The van der Waals surface area contributed by atoms with E-state index in [2.05, 4.69) is 21.2 Å². The summed E-state index contributed by atoms with van der Waals surface area (Å²) >= 11 is 3.09. The lowest BCUT2D eigenvalue weighted by Gasteiger charge is -2.08. The number of rotatable bonds is 3. The van der Waals surface area contributed by atoms with Crippen molar-refractivity contribution in [2.45, 2.75) is 0 Å². The molecule has 8 heteroatoms. The standard InChI is InChI=1S/C13H9BrN2O5/c14-9-3-1-7(5-11(9)17)13(19)15-10-4-2-8(16(20)21)6-12(10)18/h1-6,17-18H,(H,15,19). The van der Waals surface area contributed by atoms with Gasteiger partial charge >= 0.3 is 0 Å². The van der Waals surface area contributed by atoms with E-state index in [1.165, 1.54) is 24.3 Å². The SMILES string of the molecule is O=C(Nc1ccc([N+](=O)[O-])cc1O)c1ccc(Br)c(O)c1. The van der Waals surface area contributed by atoms with Crippen LogP contribution in [0.4, 0.5) is 11.4 Å². The number of nitro benzene ring substituents is 1. The summed E-state index contributed by atoms with van der Waals surface area (Å²) < 4.78 is 0.442. The Morgan fingerprint density at radius 1 is 1.14 bits per heavy atom. The van der Waals surface area contributed by atoms with Gasteiger partial charge < -0.3 is 15.5 Å². The van der Waals surface area contributed by atoms with Gasteiger partial charge in [-0.1, -0.05) is 0 Å². The monoisotopic (exact) mass is 352 g/mol. The highest BCUT2D eigenvalue weighted by molar-refractivity contribution is 9.10. The molecule has 0 aromatic heterocycles. The Morgan fingerprint density at radius 2 is 1.86 bits per heavy atom. The molecule has 0 saturated carbocycles. The van der Waals surface area contributed by atoms with Crippen LogP contribution in [-0.4, -0.2) is 21.0 Å². The molecule has 0 radical (unpaired) electrons. The van der Waals surface area contributed by atoms with E-state index < -0.39 is 16.6 Å². The Morgan fingerprint density at radius 3 is 2.43 bits per heavy atom. The number of halogens is 1. The van der Waals surface area contributed by atoms with Crippen LogP contribution >= 0.6 is 15.9 Å². The molecular weight excluding hydrogens is 344 g/mol. The molecular formula is C13H9BrN2O5. The number of aromatic hydroxyl groups is 2. The molecule has 2 rings (SSSR count). The number of hydrogen-bond donors (Lipinski definition) is 3. The van der Waals surface area contributed by atoms with Crippen molar-refractivity contribution in [3.8, 4) is 11.5 Å². The minimum Gasteiger partial charge on any atom is -0.507 e. The molecule has 21 heavy (non-hydrogen) atoms. The van der Waals surface area contributed by atoms with Crippen molar-refractivity contribution in [1.82, 2.24) is 0 Å². The zero-order valence-electron chi connectivity index (χ0n) is 10.4. The number of benzene rings is 2. The second kappa shape index (κ2) is 5.80. The summed E-state index contributed by atoms with van der Waals surface area (Å²) in [7, 11) is 0. The van der Waals surface area contributed by atoms with Gasteiger partial charge in [-0.25, -0.2) is 0 Å². The highest BCUT2D eigenvalue weighted by atomic mass is 79.9. The van der Waals surface area contributed by atoms with Gasteiger partial charge in [0.15, 0.2) is 0 Å². The van der Waals surface area contributed by atoms with Crippen LogP contribution < -0.4 is 5.32 Å². The molecule has 2 aromatic carbocycles. The Labute approximate surface area is 127 Å². The number of phenols is 2. The third kappa shape index (κ3) is 3.29. The summed E-state index contributed by atoms with van der Waals surface area (Å²) in [5.41, 5.74) is -0.0757. The normalized spacial score (nSPS) is 10.1. The van der Waals surface area contributed by atoms with Crippen LogP contribution in [0.2, 0.25) is 0 Å². The predicted octanol–water partition coefficient (Wildman–Crippen LogP) is 3.02. The first kappa shape index (κ1) is 14.8. The van der Waals surface area contributed by atoms with Crippen LogP contribution in [0.5, 0.6) is 11.5 Å². The largest absolute Gasteiger partial charge is 0.507 e. The third-order valence-corrected chi connectivity index (χ3v) is 3.32. The van der Waals surface area contributed by atoms with Gasteiger partial charge in [0.25, 0.3) is 11.6 Å². The number of anilines is 1. The molecule has 0 aliphatic rings. The van der Waals surface area contributed by atoms with E-state index in [1.807, 2.05) is 0 Å². The Kier molecular flexibility index (Phi) is 4.08.